The molecule has 1 saturated heterocycles. The normalized spacial score (nSPS) is 16.4. The number of carboxylic acid groups (broad SMARTS) is 1. The van der Waals surface area contributed by atoms with Crippen LogP contribution in [0.5, 0.6) is 0 Å². The molecule has 2 rings (SSSR count). The van der Waals surface area contributed by atoms with E-state index in [2.05, 4.69) is 32.1 Å². The monoisotopic (exact) mass is 1030 g/mol. The molecule has 0 spiro atoms. The fourth-order valence-corrected chi connectivity index (χ4v) is 9.07. The van der Waals surface area contributed by atoms with Crippen LogP contribution in [-0.2, 0) is 64.1 Å². The topological polar surface area (TPSA) is 283 Å². The van der Waals surface area contributed by atoms with Crippen LogP contribution in [0.2, 0.25) is 0 Å². The van der Waals surface area contributed by atoms with Gasteiger partial charge in [-0.2, -0.15) is 0 Å². The predicted octanol–water partition coefficient (Wildman–Crippen LogP) is 2.20. The average molecular weight is 1030 g/mol. The standard InChI is InChI=1S/C51H85N9O13/c1-13-33(6)47(59(10)43(65)29-54-51(70)46(32(4)5)58(8)9)38(71-11)27-42(64)60-26-16-17-37(60)48(72-12)34(7)49(68)52-25-15-19-40(62)57-73-30-35-21-23-36(24-22-35)55-41(63)28-53-50(69)45(31(2)3)56-39(61)18-14-20-44(66)67/h21-24,31-34,37-38,45-48H,13-20,25-30H2,1-12H3,(H,52,68)(H,53,69)(H,54,70)(H,55,63)(H,56,61)(H,57,62)(H,66,67)/t33-,34+,37-,38+,45?,46?,47-,48+/m0/s1. The van der Waals surface area contributed by atoms with Crippen molar-refractivity contribution in [3.63, 3.8) is 0 Å². The summed E-state index contributed by atoms with van der Waals surface area (Å²) in [4.78, 5) is 125. The lowest BCUT2D eigenvalue weighted by Gasteiger charge is -2.39. The minimum absolute atomic E-state index is 0.00594. The number of anilines is 1. The van der Waals surface area contributed by atoms with E-state index in [9.17, 15) is 43.2 Å². The van der Waals surface area contributed by atoms with Crippen LogP contribution in [0, 0.1) is 23.7 Å². The lowest BCUT2D eigenvalue weighted by molar-refractivity contribution is -0.145. The average Bonchev–Trinajstić information content (AvgIpc) is 3.82. The maximum atomic E-state index is 14.1. The smallest absolute Gasteiger partial charge is 0.303 e. The fourth-order valence-electron chi connectivity index (χ4n) is 9.07. The maximum absolute atomic E-state index is 14.1. The highest BCUT2D eigenvalue weighted by Crippen LogP contribution is 2.29. The first-order valence-electron chi connectivity index (χ1n) is 25.4. The maximum Gasteiger partial charge on any atom is 0.303 e. The molecule has 1 heterocycles. The Morgan fingerprint density at radius 1 is 0.767 bits per heavy atom. The number of hydrogen-bond donors (Lipinski definition) is 7. The van der Waals surface area contributed by atoms with E-state index < -0.39 is 65.8 Å². The summed E-state index contributed by atoms with van der Waals surface area (Å²) in [5.41, 5.74) is 3.53. The largest absolute Gasteiger partial charge is 0.481 e. The molecule has 7 N–H and O–H groups in total. The summed E-state index contributed by atoms with van der Waals surface area (Å²) in [7, 11) is 8.35. The van der Waals surface area contributed by atoms with Crippen molar-refractivity contribution >= 4 is 58.9 Å². The summed E-state index contributed by atoms with van der Waals surface area (Å²) < 4.78 is 11.8. The summed E-state index contributed by atoms with van der Waals surface area (Å²) in [6, 6.07) is 4.47. The number of methoxy groups -OCH3 is 2. The number of carbonyl (C=O) groups is 9. The van der Waals surface area contributed by atoms with Crippen molar-refractivity contribution < 1.29 is 62.6 Å². The first-order valence-corrected chi connectivity index (χ1v) is 25.4. The van der Waals surface area contributed by atoms with Gasteiger partial charge in [-0.25, -0.2) is 5.48 Å². The number of carbonyl (C=O) groups excluding carboxylic acids is 8. The number of benzene rings is 1. The highest BCUT2D eigenvalue weighted by atomic mass is 16.6. The number of nitrogens with one attached hydrogen (secondary N) is 6. The van der Waals surface area contributed by atoms with Gasteiger partial charge < -0.3 is 51.0 Å². The van der Waals surface area contributed by atoms with Gasteiger partial charge >= 0.3 is 5.97 Å². The second-order valence-electron chi connectivity index (χ2n) is 19.7. The van der Waals surface area contributed by atoms with Gasteiger partial charge in [-0.1, -0.05) is 67.0 Å². The molecule has 0 aliphatic carbocycles. The summed E-state index contributed by atoms with van der Waals surface area (Å²) in [5.74, 6) is -4.84. The van der Waals surface area contributed by atoms with E-state index in [1.54, 1.807) is 61.9 Å². The molecule has 412 valence electrons. The summed E-state index contributed by atoms with van der Waals surface area (Å²) in [5, 5.41) is 22.2. The quantitative estimate of drug-likeness (QED) is 0.0393. The molecule has 2 unspecified atom stereocenters. The van der Waals surface area contributed by atoms with Gasteiger partial charge in [-0.15, -0.1) is 0 Å². The van der Waals surface area contributed by atoms with Gasteiger partial charge in [0.1, 0.15) is 6.04 Å². The van der Waals surface area contributed by atoms with Crippen LogP contribution < -0.4 is 32.1 Å². The van der Waals surface area contributed by atoms with E-state index in [4.69, 9.17) is 19.4 Å². The summed E-state index contributed by atoms with van der Waals surface area (Å²) in [6.07, 6.45) is 1.11. The predicted molar refractivity (Wildman–Crippen MR) is 273 cm³/mol. The van der Waals surface area contributed by atoms with Crippen molar-refractivity contribution in [2.75, 3.05) is 66.9 Å². The first kappa shape index (κ1) is 63.4. The van der Waals surface area contributed by atoms with Crippen LogP contribution >= 0.6 is 0 Å². The number of hydroxylamine groups is 1. The number of hydrogen-bond acceptors (Lipinski definition) is 13. The third kappa shape index (κ3) is 21.3. The third-order valence-electron chi connectivity index (χ3n) is 13.2. The van der Waals surface area contributed by atoms with Gasteiger partial charge in [0.15, 0.2) is 0 Å². The molecule has 8 amide bonds. The van der Waals surface area contributed by atoms with E-state index in [1.165, 1.54) is 14.2 Å². The number of likely N-dealkylation sites (N-methyl/N-ethyl adjacent to an activating group) is 2. The molecule has 22 nitrogen and oxygen atoms in total. The van der Waals surface area contributed by atoms with Crippen molar-refractivity contribution in [3.8, 4) is 0 Å². The van der Waals surface area contributed by atoms with Gasteiger partial charge in [-0.3, -0.25) is 52.9 Å². The molecule has 1 aromatic carbocycles. The number of aliphatic carboxylic acids is 1. The van der Waals surface area contributed by atoms with Crippen LogP contribution in [0.3, 0.4) is 0 Å². The van der Waals surface area contributed by atoms with Crippen LogP contribution in [0.4, 0.5) is 5.69 Å². The zero-order valence-electron chi connectivity index (χ0n) is 45.2. The molecule has 0 bridgehead atoms. The second-order valence-corrected chi connectivity index (χ2v) is 19.7. The Morgan fingerprint density at radius 3 is 1.99 bits per heavy atom. The number of amides is 8. The summed E-state index contributed by atoms with van der Waals surface area (Å²) in [6.45, 7) is 13.3. The molecule has 22 heteroatoms. The summed E-state index contributed by atoms with van der Waals surface area (Å²) >= 11 is 0. The Morgan fingerprint density at radius 2 is 1.41 bits per heavy atom. The minimum atomic E-state index is -1.02. The molecule has 8 atom stereocenters. The number of carboxylic acids is 1. The lowest BCUT2D eigenvalue weighted by atomic mass is 9.90. The Balaban J connectivity index is 1.84. The zero-order valence-corrected chi connectivity index (χ0v) is 45.2. The molecule has 0 radical (unpaired) electrons. The van der Waals surface area contributed by atoms with E-state index in [-0.39, 0.29) is 106 Å². The molecule has 1 aliphatic rings. The van der Waals surface area contributed by atoms with Gasteiger partial charge in [-0.05, 0) is 75.2 Å². The van der Waals surface area contributed by atoms with Gasteiger partial charge in [0.2, 0.25) is 47.3 Å². The fraction of sp³-hybridized carbons (Fsp3) is 0.706. The third-order valence-corrected chi connectivity index (χ3v) is 13.2. The highest BCUT2D eigenvalue weighted by Gasteiger charge is 2.42. The van der Waals surface area contributed by atoms with Gasteiger partial charge in [0.25, 0.3) is 0 Å². The molecule has 1 fully saturated rings. The molecule has 0 aromatic heterocycles. The second kappa shape index (κ2) is 32.5. The first-order chi connectivity index (χ1) is 34.5. The van der Waals surface area contributed by atoms with E-state index >= 15 is 0 Å². The van der Waals surface area contributed by atoms with Gasteiger partial charge in [0, 0.05) is 59.3 Å². The lowest BCUT2D eigenvalue weighted by Crippen LogP contribution is -2.55. The van der Waals surface area contributed by atoms with Crippen LogP contribution in [-0.4, -0.2) is 171 Å². The van der Waals surface area contributed by atoms with Gasteiger partial charge in [0.05, 0.1) is 62.4 Å². The van der Waals surface area contributed by atoms with Crippen LogP contribution in [0.25, 0.3) is 0 Å². The SMILES string of the molecule is CC[C@H](C)[C@@H]([C@@H](CC(=O)N1CCC[C@H]1[C@H](OC)[C@@H](C)C(=O)NCCCC(=O)NOCc1ccc(NC(=O)CNC(=O)C(NC(=O)CCCC(=O)O)C(C)C)cc1)OC)N(C)C(=O)CNC(=O)C(C(C)C)N(C)C. The Hall–Kier alpha value is -5.71. The number of ether oxygens (including phenoxy) is 2. The number of nitrogens with zero attached hydrogens (tertiary/aromatic N) is 3. The molecular formula is C51H85N9O13. The minimum Gasteiger partial charge on any atom is -0.481 e. The van der Waals surface area contributed by atoms with Crippen LogP contribution in [0.15, 0.2) is 24.3 Å². The highest BCUT2D eigenvalue weighted by molar-refractivity contribution is 5.96. The molecule has 1 aliphatic heterocycles. The number of likely N-dealkylation sites (tertiary alicyclic amines) is 1. The van der Waals surface area contributed by atoms with Crippen molar-refractivity contribution in [1.82, 2.24) is 41.4 Å². The van der Waals surface area contributed by atoms with E-state index in [0.717, 1.165) is 6.42 Å². The van der Waals surface area contributed by atoms with Crippen molar-refractivity contribution in [1.29, 1.82) is 0 Å². The van der Waals surface area contributed by atoms with E-state index in [1.807, 2.05) is 46.7 Å². The molecule has 1 aromatic rings. The van der Waals surface area contributed by atoms with Crippen LogP contribution in [0.1, 0.15) is 112 Å². The van der Waals surface area contributed by atoms with E-state index in [0.29, 0.717) is 37.1 Å². The van der Waals surface area contributed by atoms with Crippen molar-refractivity contribution in [3.05, 3.63) is 29.8 Å². The zero-order chi connectivity index (χ0) is 54.9. The molecule has 0 saturated carbocycles. The molecule has 73 heavy (non-hydrogen) atoms. The molecular weight excluding hydrogens is 947 g/mol. The van der Waals surface area contributed by atoms with Crippen molar-refractivity contribution in [2.45, 2.75) is 149 Å². The Bertz CT molecular complexity index is 1960. The Kier molecular flexibility index (Phi) is 28.2. The number of rotatable bonds is 33. The Labute approximate surface area is 431 Å². The van der Waals surface area contributed by atoms with Crippen molar-refractivity contribution in [2.24, 2.45) is 23.7 Å².